The van der Waals surface area contributed by atoms with Gasteiger partial charge in [0.05, 0.1) is 18.2 Å². The Hall–Kier alpha value is -3.41. The maximum Gasteiger partial charge on any atom is 0.339 e. The summed E-state index contributed by atoms with van der Waals surface area (Å²) >= 11 is 0. The van der Waals surface area contributed by atoms with Crippen molar-refractivity contribution in [2.75, 3.05) is 0 Å². The summed E-state index contributed by atoms with van der Waals surface area (Å²) in [5, 5.41) is 9.03. The highest BCUT2D eigenvalue weighted by molar-refractivity contribution is 5.88. The van der Waals surface area contributed by atoms with Crippen molar-refractivity contribution in [1.82, 2.24) is 9.97 Å². The second-order valence-electron chi connectivity index (χ2n) is 5.34. The van der Waals surface area contributed by atoms with Gasteiger partial charge in [-0.25, -0.2) is 4.79 Å². The fraction of sp³-hybridized carbons (Fsp3) is 0.105. The van der Waals surface area contributed by atoms with Crippen LogP contribution < -0.4 is 4.74 Å². The fourth-order valence-corrected chi connectivity index (χ4v) is 2.28. The number of hydrogen-bond acceptors (Lipinski definition) is 5. The number of hydrogen-bond donors (Lipinski definition) is 1. The molecular weight excluding hydrogens is 320 g/mol. The van der Waals surface area contributed by atoms with Gasteiger partial charge in [-0.2, -0.15) is 0 Å². The van der Waals surface area contributed by atoms with E-state index in [1.807, 2.05) is 37.3 Å². The van der Waals surface area contributed by atoms with Crippen molar-refractivity contribution in [3.05, 3.63) is 77.8 Å². The molecule has 3 aromatic rings. The highest BCUT2D eigenvalue weighted by atomic mass is 16.5. The van der Waals surface area contributed by atoms with Gasteiger partial charge in [0, 0.05) is 12.4 Å². The van der Waals surface area contributed by atoms with Crippen LogP contribution in [0.3, 0.4) is 0 Å². The second kappa shape index (κ2) is 7.44. The van der Waals surface area contributed by atoms with Crippen molar-refractivity contribution in [3.63, 3.8) is 0 Å². The Labute approximate surface area is 144 Å². The van der Waals surface area contributed by atoms with Crippen LogP contribution in [0.1, 0.15) is 34.3 Å². The van der Waals surface area contributed by atoms with Gasteiger partial charge >= 0.3 is 5.97 Å². The predicted molar refractivity (Wildman–Crippen MR) is 92.0 cm³/mol. The van der Waals surface area contributed by atoms with Crippen molar-refractivity contribution in [2.45, 2.75) is 13.5 Å². The molecule has 2 aromatic heterocycles. The first-order valence-corrected chi connectivity index (χ1v) is 7.60. The van der Waals surface area contributed by atoms with Crippen LogP contribution in [0.2, 0.25) is 0 Å². The highest BCUT2D eigenvalue weighted by Crippen LogP contribution is 2.20. The number of rotatable bonds is 6. The lowest BCUT2D eigenvalue weighted by atomic mass is 10.1. The average molecular weight is 336 g/mol. The van der Waals surface area contributed by atoms with Crippen molar-refractivity contribution < 1.29 is 19.1 Å². The number of carboxylic acid groups (broad SMARTS) is 1. The van der Waals surface area contributed by atoms with E-state index in [9.17, 15) is 4.79 Å². The topological polar surface area (TPSA) is 85.5 Å². The summed E-state index contributed by atoms with van der Waals surface area (Å²) in [4.78, 5) is 19.3. The highest BCUT2D eigenvalue weighted by Gasteiger charge is 2.13. The van der Waals surface area contributed by atoms with Gasteiger partial charge in [0.2, 0.25) is 0 Å². The molecule has 25 heavy (non-hydrogen) atoms. The first kappa shape index (κ1) is 16.4. The molecule has 6 heteroatoms. The molecule has 0 amide bonds. The summed E-state index contributed by atoms with van der Waals surface area (Å²) in [6, 6.07) is 8.87. The number of nitrogens with zero attached hydrogens (tertiary/aromatic N) is 2. The van der Waals surface area contributed by atoms with Crippen molar-refractivity contribution >= 4 is 17.6 Å². The van der Waals surface area contributed by atoms with Gasteiger partial charge in [-0.1, -0.05) is 12.1 Å². The van der Waals surface area contributed by atoms with Gasteiger partial charge in [-0.05, 0) is 42.3 Å². The molecule has 0 atom stereocenters. The zero-order valence-electron chi connectivity index (χ0n) is 13.5. The minimum Gasteiger partial charge on any atom is -0.486 e. The maximum atomic E-state index is 11.0. The molecule has 2 heterocycles. The SMILES string of the molecule is C/C(=C/c1ccc(OCc2occc2C(=O)O)cc1)c1cnccn1. The van der Waals surface area contributed by atoms with Crippen LogP contribution >= 0.6 is 0 Å². The standard InChI is InChI=1S/C19H16N2O4/c1-13(17-11-20-7-8-21-17)10-14-2-4-15(5-3-14)25-12-18-16(19(22)23)6-9-24-18/h2-11H,12H2,1H3,(H,22,23)/b13-10-. The molecule has 0 saturated heterocycles. The number of allylic oxidation sites excluding steroid dienone is 1. The first-order chi connectivity index (χ1) is 12.1. The lowest BCUT2D eigenvalue weighted by Gasteiger charge is -2.06. The average Bonchev–Trinajstić information content (AvgIpc) is 3.11. The van der Waals surface area contributed by atoms with E-state index in [0.717, 1.165) is 16.8 Å². The summed E-state index contributed by atoms with van der Waals surface area (Å²) in [6.45, 7) is 2.03. The molecule has 0 radical (unpaired) electrons. The van der Waals surface area contributed by atoms with Gasteiger partial charge in [0.25, 0.3) is 0 Å². The minimum atomic E-state index is -1.03. The Morgan fingerprint density at radius 3 is 2.72 bits per heavy atom. The zero-order valence-corrected chi connectivity index (χ0v) is 13.5. The molecule has 0 aliphatic heterocycles. The predicted octanol–water partition coefficient (Wildman–Crippen LogP) is 3.91. The summed E-state index contributed by atoms with van der Waals surface area (Å²) in [5.74, 6) is -0.121. The van der Waals surface area contributed by atoms with Crippen LogP contribution in [0.25, 0.3) is 11.6 Å². The Morgan fingerprint density at radius 2 is 2.04 bits per heavy atom. The number of ether oxygens (including phenoxy) is 1. The van der Waals surface area contributed by atoms with Crippen LogP contribution in [0.4, 0.5) is 0 Å². The van der Waals surface area contributed by atoms with E-state index >= 15 is 0 Å². The Morgan fingerprint density at radius 1 is 1.24 bits per heavy atom. The number of carboxylic acids is 1. The third-order valence-corrected chi connectivity index (χ3v) is 3.58. The molecular formula is C19H16N2O4. The number of furan rings is 1. The van der Waals surface area contributed by atoms with E-state index in [2.05, 4.69) is 9.97 Å². The largest absolute Gasteiger partial charge is 0.486 e. The molecule has 0 aliphatic carbocycles. The minimum absolute atomic E-state index is 0.0580. The third-order valence-electron chi connectivity index (χ3n) is 3.58. The van der Waals surface area contributed by atoms with Crippen LogP contribution in [-0.4, -0.2) is 21.0 Å². The van der Waals surface area contributed by atoms with Crippen LogP contribution in [0.5, 0.6) is 5.75 Å². The molecule has 126 valence electrons. The van der Waals surface area contributed by atoms with E-state index in [1.165, 1.54) is 12.3 Å². The molecule has 0 saturated carbocycles. The molecule has 0 unspecified atom stereocenters. The monoisotopic (exact) mass is 336 g/mol. The van der Waals surface area contributed by atoms with Crippen molar-refractivity contribution in [1.29, 1.82) is 0 Å². The van der Waals surface area contributed by atoms with Crippen molar-refractivity contribution in [3.8, 4) is 5.75 Å². The maximum absolute atomic E-state index is 11.0. The van der Waals surface area contributed by atoms with E-state index in [0.29, 0.717) is 5.75 Å². The van der Waals surface area contributed by atoms with Crippen LogP contribution in [0, 0.1) is 0 Å². The molecule has 0 bridgehead atoms. The summed E-state index contributed by atoms with van der Waals surface area (Å²) in [7, 11) is 0. The zero-order chi connectivity index (χ0) is 17.6. The van der Waals surface area contributed by atoms with E-state index in [-0.39, 0.29) is 17.9 Å². The fourth-order valence-electron chi connectivity index (χ4n) is 2.28. The molecule has 1 aromatic carbocycles. The number of carbonyl (C=O) groups is 1. The smallest absolute Gasteiger partial charge is 0.339 e. The normalized spacial score (nSPS) is 11.3. The molecule has 0 fully saturated rings. The molecule has 1 N–H and O–H groups in total. The van der Waals surface area contributed by atoms with Gasteiger partial charge in [-0.15, -0.1) is 0 Å². The quantitative estimate of drug-likeness (QED) is 0.734. The van der Waals surface area contributed by atoms with Gasteiger partial charge in [0.15, 0.2) is 5.76 Å². The van der Waals surface area contributed by atoms with Crippen LogP contribution in [0.15, 0.2) is 59.6 Å². The lowest BCUT2D eigenvalue weighted by molar-refractivity contribution is 0.0692. The molecule has 0 spiro atoms. The molecule has 3 rings (SSSR count). The molecule has 6 nitrogen and oxygen atoms in total. The number of aromatic nitrogens is 2. The number of aromatic carboxylic acids is 1. The van der Waals surface area contributed by atoms with Gasteiger partial charge in [0.1, 0.15) is 17.9 Å². The lowest BCUT2D eigenvalue weighted by Crippen LogP contribution is -2.02. The Bertz CT molecular complexity index is 883. The second-order valence-corrected chi connectivity index (χ2v) is 5.34. The van der Waals surface area contributed by atoms with E-state index in [4.69, 9.17) is 14.3 Å². The summed E-state index contributed by atoms with van der Waals surface area (Å²) < 4.78 is 10.7. The Kier molecular flexibility index (Phi) is 4.89. The third kappa shape index (κ3) is 4.11. The van der Waals surface area contributed by atoms with E-state index in [1.54, 1.807) is 18.6 Å². The summed E-state index contributed by atoms with van der Waals surface area (Å²) in [6.07, 6.45) is 8.35. The Balaban J connectivity index is 1.66. The summed E-state index contributed by atoms with van der Waals surface area (Å²) in [5.41, 5.74) is 2.93. The van der Waals surface area contributed by atoms with Gasteiger partial charge in [-0.3, -0.25) is 9.97 Å². The van der Waals surface area contributed by atoms with E-state index < -0.39 is 5.97 Å². The van der Waals surface area contributed by atoms with Gasteiger partial charge < -0.3 is 14.3 Å². The van der Waals surface area contributed by atoms with Crippen molar-refractivity contribution in [2.24, 2.45) is 0 Å². The van der Waals surface area contributed by atoms with Crippen LogP contribution in [-0.2, 0) is 6.61 Å². The number of benzene rings is 1. The first-order valence-electron chi connectivity index (χ1n) is 7.60. The molecule has 0 aliphatic rings.